The normalized spacial score (nSPS) is 20.2. The second kappa shape index (κ2) is 10.8. The Kier molecular flexibility index (Phi) is 7.63. The summed E-state index contributed by atoms with van der Waals surface area (Å²) in [6, 6.07) is 15.7. The largest absolute Gasteiger partial charge is 0.496 e. The molecule has 172 valence electrons. The van der Waals surface area contributed by atoms with E-state index in [1.807, 2.05) is 47.4 Å². The first kappa shape index (κ1) is 22.6. The van der Waals surface area contributed by atoms with Crippen molar-refractivity contribution in [2.45, 2.75) is 6.04 Å². The second-order valence-corrected chi connectivity index (χ2v) is 8.29. The molecule has 2 aliphatic heterocycles. The number of nitrogens with zero attached hydrogens (tertiary/aromatic N) is 3. The van der Waals surface area contributed by atoms with Crippen molar-refractivity contribution in [2.24, 2.45) is 0 Å². The summed E-state index contributed by atoms with van der Waals surface area (Å²) < 4.78 is 17.0. The second-order valence-electron chi connectivity index (χ2n) is 8.29. The van der Waals surface area contributed by atoms with Gasteiger partial charge in [0.05, 0.1) is 31.9 Å². The summed E-state index contributed by atoms with van der Waals surface area (Å²) in [6.07, 6.45) is 0. The molecule has 0 unspecified atom stereocenters. The zero-order valence-electron chi connectivity index (χ0n) is 19.0. The Labute approximate surface area is 190 Å². The standard InChI is InChI=1S/C25H33N3O4/c1-26-11-12-28(19-22(26)20-7-3-5-9-23(20)30-2)25(29)21-8-4-6-10-24(21)32-18-15-27-13-16-31-17-14-27/h3-10,22H,11-19H2,1-2H3/t22-/m0/s1. The van der Waals surface area contributed by atoms with Crippen LogP contribution in [0.1, 0.15) is 22.0 Å². The van der Waals surface area contributed by atoms with Crippen molar-refractivity contribution in [1.29, 1.82) is 0 Å². The topological polar surface area (TPSA) is 54.5 Å². The Hall–Kier alpha value is -2.61. The fourth-order valence-corrected chi connectivity index (χ4v) is 4.38. The van der Waals surface area contributed by atoms with Crippen molar-refractivity contribution in [1.82, 2.24) is 14.7 Å². The highest BCUT2D eigenvalue weighted by Crippen LogP contribution is 2.32. The van der Waals surface area contributed by atoms with Gasteiger partial charge >= 0.3 is 0 Å². The molecule has 0 bridgehead atoms. The number of likely N-dealkylation sites (N-methyl/N-ethyl adjacent to an activating group) is 1. The molecule has 2 heterocycles. The molecule has 4 rings (SSSR count). The van der Waals surface area contributed by atoms with Crippen LogP contribution < -0.4 is 9.47 Å². The fraction of sp³-hybridized carbons (Fsp3) is 0.480. The predicted octanol–water partition coefficient (Wildman–Crippen LogP) is 2.54. The molecule has 1 amide bonds. The summed E-state index contributed by atoms with van der Waals surface area (Å²) in [5.41, 5.74) is 1.72. The van der Waals surface area contributed by atoms with Gasteiger partial charge in [0.1, 0.15) is 18.1 Å². The minimum absolute atomic E-state index is 0.0139. The first-order chi connectivity index (χ1) is 15.7. The number of rotatable bonds is 7. The molecule has 32 heavy (non-hydrogen) atoms. The van der Waals surface area contributed by atoms with E-state index in [-0.39, 0.29) is 11.9 Å². The third-order valence-electron chi connectivity index (χ3n) is 6.32. The summed E-state index contributed by atoms with van der Waals surface area (Å²) in [5.74, 6) is 1.52. The molecule has 0 aromatic heterocycles. The van der Waals surface area contributed by atoms with Crippen LogP contribution in [0.4, 0.5) is 0 Å². The van der Waals surface area contributed by atoms with Crippen LogP contribution in [0.25, 0.3) is 0 Å². The number of ether oxygens (including phenoxy) is 3. The summed E-state index contributed by atoms with van der Waals surface area (Å²) >= 11 is 0. The monoisotopic (exact) mass is 439 g/mol. The van der Waals surface area contributed by atoms with Gasteiger partial charge in [-0.25, -0.2) is 0 Å². The van der Waals surface area contributed by atoms with Gasteiger partial charge in [0.15, 0.2) is 0 Å². The molecule has 2 fully saturated rings. The Balaban J connectivity index is 1.44. The molecule has 1 atom stereocenters. The van der Waals surface area contributed by atoms with Gasteiger partial charge in [0.2, 0.25) is 0 Å². The molecule has 0 saturated carbocycles. The van der Waals surface area contributed by atoms with Gasteiger partial charge in [-0.05, 0) is 25.2 Å². The maximum absolute atomic E-state index is 13.5. The number of piperazine rings is 1. The van der Waals surface area contributed by atoms with E-state index >= 15 is 0 Å². The van der Waals surface area contributed by atoms with Crippen LogP contribution in [0.5, 0.6) is 11.5 Å². The zero-order valence-corrected chi connectivity index (χ0v) is 19.0. The van der Waals surface area contributed by atoms with Crippen molar-refractivity contribution < 1.29 is 19.0 Å². The van der Waals surface area contributed by atoms with Crippen molar-refractivity contribution >= 4 is 5.91 Å². The molecular formula is C25H33N3O4. The predicted molar refractivity (Wildman–Crippen MR) is 123 cm³/mol. The number of hydrogen-bond acceptors (Lipinski definition) is 6. The maximum atomic E-state index is 13.5. The zero-order chi connectivity index (χ0) is 22.3. The lowest BCUT2D eigenvalue weighted by Crippen LogP contribution is -2.49. The number of methoxy groups -OCH3 is 1. The number of morpholine rings is 1. The summed E-state index contributed by atoms with van der Waals surface area (Å²) in [7, 11) is 3.79. The Morgan fingerprint density at radius 3 is 2.50 bits per heavy atom. The first-order valence-corrected chi connectivity index (χ1v) is 11.3. The number of para-hydroxylation sites is 2. The number of hydrogen-bond donors (Lipinski definition) is 0. The summed E-state index contributed by atoms with van der Waals surface area (Å²) in [4.78, 5) is 20.0. The van der Waals surface area contributed by atoms with Crippen LogP contribution in [0.15, 0.2) is 48.5 Å². The summed E-state index contributed by atoms with van der Waals surface area (Å²) in [6.45, 7) is 6.87. The van der Waals surface area contributed by atoms with Crippen LogP contribution >= 0.6 is 0 Å². The van der Waals surface area contributed by atoms with Crippen LogP contribution in [0.3, 0.4) is 0 Å². The molecule has 0 spiro atoms. The van der Waals surface area contributed by atoms with Crippen molar-refractivity contribution in [3.63, 3.8) is 0 Å². The lowest BCUT2D eigenvalue weighted by Gasteiger charge is -2.40. The third kappa shape index (κ3) is 5.23. The van der Waals surface area contributed by atoms with Crippen molar-refractivity contribution in [2.75, 3.05) is 73.2 Å². The molecule has 7 heteroatoms. The minimum Gasteiger partial charge on any atom is -0.496 e. The Bertz CT molecular complexity index is 900. The van der Waals surface area contributed by atoms with E-state index in [0.717, 1.165) is 50.7 Å². The minimum atomic E-state index is 0.0139. The van der Waals surface area contributed by atoms with E-state index < -0.39 is 0 Å². The van der Waals surface area contributed by atoms with Gasteiger partial charge in [0.25, 0.3) is 5.91 Å². The van der Waals surface area contributed by atoms with Gasteiger partial charge < -0.3 is 19.1 Å². The highest BCUT2D eigenvalue weighted by Gasteiger charge is 2.31. The quantitative estimate of drug-likeness (QED) is 0.661. The van der Waals surface area contributed by atoms with E-state index in [9.17, 15) is 4.79 Å². The maximum Gasteiger partial charge on any atom is 0.257 e. The Morgan fingerprint density at radius 2 is 1.72 bits per heavy atom. The number of carbonyl (C=O) groups excluding carboxylic acids is 1. The molecule has 0 aliphatic carbocycles. The smallest absolute Gasteiger partial charge is 0.257 e. The Morgan fingerprint density at radius 1 is 1.00 bits per heavy atom. The molecule has 2 saturated heterocycles. The van der Waals surface area contributed by atoms with Gasteiger partial charge in [-0.1, -0.05) is 30.3 Å². The van der Waals surface area contributed by atoms with Crippen LogP contribution in [0.2, 0.25) is 0 Å². The van der Waals surface area contributed by atoms with E-state index in [4.69, 9.17) is 14.2 Å². The average Bonchev–Trinajstić information content (AvgIpc) is 2.85. The fourth-order valence-electron chi connectivity index (χ4n) is 4.38. The molecule has 0 radical (unpaired) electrons. The van der Waals surface area contributed by atoms with E-state index in [2.05, 4.69) is 22.9 Å². The molecule has 2 aromatic carbocycles. The number of amides is 1. The molecular weight excluding hydrogens is 406 g/mol. The first-order valence-electron chi connectivity index (χ1n) is 11.3. The van der Waals surface area contributed by atoms with E-state index in [1.165, 1.54) is 0 Å². The van der Waals surface area contributed by atoms with Gasteiger partial charge in [-0.2, -0.15) is 0 Å². The van der Waals surface area contributed by atoms with Crippen molar-refractivity contribution in [3.8, 4) is 11.5 Å². The molecule has 0 N–H and O–H groups in total. The number of benzene rings is 2. The lowest BCUT2D eigenvalue weighted by atomic mass is 10.0. The van der Waals surface area contributed by atoms with Gasteiger partial charge in [-0.3, -0.25) is 14.6 Å². The molecule has 7 nitrogen and oxygen atoms in total. The van der Waals surface area contributed by atoms with Crippen molar-refractivity contribution in [3.05, 3.63) is 59.7 Å². The van der Waals surface area contributed by atoms with Crippen LogP contribution in [0, 0.1) is 0 Å². The average molecular weight is 440 g/mol. The van der Waals surface area contributed by atoms with E-state index in [0.29, 0.717) is 31.0 Å². The molecule has 2 aliphatic rings. The molecule has 2 aromatic rings. The van der Waals surface area contributed by atoms with E-state index in [1.54, 1.807) is 7.11 Å². The third-order valence-corrected chi connectivity index (χ3v) is 6.32. The lowest BCUT2D eigenvalue weighted by molar-refractivity contribution is 0.0321. The number of carbonyl (C=O) groups is 1. The highest BCUT2D eigenvalue weighted by atomic mass is 16.5. The SMILES string of the molecule is COc1ccccc1[C@@H]1CN(C(=O)c2ccccc2OCCN2CCOCC2)CCN1C. The highest BCUT2D eigenvalue weighted by molar-refractivity contribution is 5.97. The van der Waals surface area contributed by atoms with Gasteiger partial charge in [-0.15, -0.1) is 0 Å². The van der Waals surface area contributed by atoms with Gasteiger partial charge in [0, 0.05) is 44.8 Å². The van der Waals surface area contributed by atoms with Crippen LogP contribution in [-0.4, -0.2) is 93.9 Å². The summed E-state index contributed by atoms with van der Waals surface area (Å²) in [5, 5.41) is 0. The van der Waals surface area contributed by atoms with Crippen LogP contribution in [-0.2, 0) is 4.74 Å².